The number of hydrogen-bond acceptors (Lipinski definition) is 4. The van der Waals surface area contributed by atoms with Crippen molar-refractivity contribution in [2.45, 2.75) is 17.6 Å². The SMILES string of the molecule is Cc1nn(C)c(Cl)c1CSc1csc(C(=O)O)c1. The largest absolute Gasteiger partial charge is 0.477 e. The maximum Gasteiger partial charge on any atom is 0.345 e. The third-order valence-corrected chi connectivity index (χ3v) is 4.98. The Morgan fingerprint density at radius 3 is 2.89 bits per heavy atom. The summed E-state index contributed by atoms with van der Waals surface area (Å²) >= 11 is 8.93. The van der Waals surface area contributed by atoms with Crippen LogP contribution in [-0.4, -0.2) is 20.9 Å². The van der Waals surface area contributed by atoms with Crippen molar-refractivity contribution < 1.29 is 9.90 Å². The van der Waals surface area contributed by atoms with Crippen LogP contribution in [0.25, 0.3) is 0 Å². The number of aryl methyl sites for hydroxylation is 2. The van der Waals surface area contributed by atoms with E-state index in [0.29, 0.717) is 15.8 Å². The molecule has 0 bridgehead atoms. The van der Waals surface area contributed by atoms with Crippen LogP contribution in [0.1, 0.15) is 20.9 Å². The summed E-state index contributed by atoms with van der Waals surface area (Å²) in [6.45, 7) is 1.91. The monoisotopic (exact) mass is 302 g/mol. The van der Waals surface area contributed by atoms with Gasteiger partial charge < -0.3 is 5.11 Å². The summed E-state index contributed by atoms with van der Waals surface area (Å²) in [6.07, 6.45) is 0. The maximum atomic E-state index is 10.8. The van der Waals surface area contributed by atoms with Crippen LogP contribution in [0.4, 0.5) is 0 Å². The second-order valence-corrected chi connectivity index (χ2v) is 6.04. The number of hydrogen-bond donors (Lipinski definition) is 1. The first kappa shape index (κ1) is 13.5. The average Bonchev–Trinajstić information content (AvgIpc) is 2.85. The van der Waals surface area contributed by atoms with E-state index in [1.165, 1.54) is 11.3 Å². The van der Waals surface area contributed by atoms with Gasteiger partial charge >= 0.3 is 5.97 Å². The van der Waals surface area contributed by atoms with Crippen LogP contribution < -0.4 is 0 Å². The number of rotatable bonds is 4. The van der Waals surface area contributed by atoms with Crippen LogP contribution in [0.3, 0.4) is 0 Å². The van der Waals surface area contributed by atoms with Gasteiger partial charge in [-0.25, -0.2) is 4.79 Å². The Morgan fingerprint density at radius 1 is 1.67 bits per heavy atom. The number of nitrogens with zero attached hydrogens (tertiary/aromatic N) is 2. The smallest absolute Gasteiger partial charge is 0.345 e. The Morgan fingerprint density at radius 2 is 2.39 bits per heavy atom. The minimum atomic E-state index is -0.887. The Balaban J connectivity index is 2.09. The molecule has 2 aromatic heterocycles. The normalized spacial score (nSPS) is 10.8. The Labute approximate surface area is 118 Å². The van der Waals surface area contributed by atoms with Gasteiger partial charge in [0.05, 0.1) is 5.69 Å². The molecular formula is C11H11ClN2O2S2. The summed E-state index contributed by atoms with van der Waals surface area (Å²) in [4.78, 5) is 12.1. The molecule has 0 saturated carbocycles. The molecule has 0 aliphatic carbocycles. The van der Waals surface area contributed by atoms with Crippen molar-refractivity contribution in [3.63, 3.8) is 0 Å². The summed E-state index contributed by atoms with van der Waals surface area (Å²) in [5.74, 6) is -0.198. The number of carboxylic acid groups (broad SMARTS) is 1. The van der Waals surface area contributed by atoms with Gasteiger partial charge in [0, 0.05) is 28.6 Å². The van der Waals surface area contributed by atoms with Gasteiger partial charge in [-0.3, -0.25) is 4.68 Å². The van der Waals surface area contributed by atoms with Crippen LogP contribution in [0.5, 0.6) is 0 Å². The Kier molecular flexibility index (Phi) is 3.99. The van der Waals surface area contributed by atoms with E-state index in [4.69, 9.17) is 16.7 Å². The molecule has 7 heteroatoms. The van der Waals surface area contributed by atoms with Crippen LogP contribution in [-0.2, 0) is 12.8 Å². The van der Waals surface area contributed by atoms with Crippen molar-refractivity contribution in [3.8, 4) is 0 Å². The second-order valence-electron chi connectivity index (χ2n) is 3.72. The van der Waals surface area contributed by atoms with Crippen molar-refractivity contribution >= 4 is 40.7 Å². The molecule has 0 saturated heterocycles. The minimum absolute atomic E-state index is 0.353. The van der Waals surface area contributed by atoms with Gasteiger partial charge in [0.1, 0.15) is 10.0 Å². The van der Waals surface area contributed by atoms with Crippen LogP contribution in [0.2, 0.25) is 5.15 Å². The van der Waals surface area contributed by atoms with Gasteiger partial charge in [0.15, 0.2) is 0 Å². The molecule has 0 aliphatic rings. The maximum absolute atomic E-state index is 10.8. The highest BCUT2D eigenvalue weighted by Crippen LogP contribution is 2.31. The Bertz CT molecular complexity index is 592. The summed E-state index contributed by atoms with van der Waals surface area (Å²) < 4.78 is 1.64. The molecule has 0 spiro atoms. The number of aromatic carboxylic acids is 1. The molecule has 0 atom stereocenters. The van der Waals surface area contributed by atoms with Gasteiger partial charge in [0.25, 0.3) is 0 Å². The third-order valence-electron chi connectivity index (χ3n) is 2.44. The van der Waals surface area contributed by atoms with E-state index < -0.39 is 5.97 Å². The van der Waals surface area contributed by atoms with Gasteiger partial charge in [-0.15, -0.1) is 23.1 Å². The lowest BCUT2D eigenvalue weighted by Gasteiger charge is -1.99. The molecule has 0 aliphatic heterocycles. The lowest BCUT2D eigenvalue weighted by molar-refractivity contribution is 0.0702. The van der Waals surface area contributed by atoms with Crippen LogP contribution in [0, 0.1) is 6.92 Å². The number of thiophene rings is 1. The van der Waals surface area contributed by atoms with Gasteiger partial charge in [-0.1, -0.05) is 11.6 Å². The van der Waals surface area contributed by atoms with Crippen LogP contribution in [0.15, 0.2) is 16.3 Å². The van der Waals surface area contributed by atoms with E-state index in [-0.39, 0.29) is 0 Å². The number of aromatic nitrogens is 2. The Hall–Kier alpha value is -0.980. The summed E-state index contributed by atoms with van der Waals surface area (Å²) in [6, 6.07) is 1.68. The lowest BCUT2D eigenvalue weighted by atomic mass is 10.3. The summed E-state index contributed by atoms with van der Waals surface area (Å²) in [7, 11) is 1.80. The van der Waals surface area contributed by atoms with Crippen molar-refractivity contribution in [2.24, 2.45) is 7.05 Å². The molecule has 2 aromatic rings. The molecule has 0 radical (unpaired) electrons. The van der Waals surface area contributed by atoms with Crippen molar-refractivity contribution in [3.05, 3.63) is 32.7 Å². The minimum Gasteiger partial charge on any atom is -0.477 e. The predicted molar refractivity (Wildman–Crippen MR) is 73.8 cm³/mol. The van der Waals surface area contributed by atoms with Crippen LogP contribution >= 0.6 is 34.7 Å². The highest BCUT2D eigenvalue weighted by molar-refractivity contribution is 7.98. The first-order chi connectivity index (χ1) is 8.49. The van der Waals surface area contributed by atoms with E-state index in [1.54, 1.807) is 29.6 Å². The molecule has 4 nitrogen and oxygen atoms in total. The molecule has 0 aromatic carbocycles. The van der Waals surface area contributed by atoms with E-state index in [0.717, 1.165) is 16.2 Å². The standard InChI is InChI=1S/C11H11ClN2O2S2/c1-6-8(10(12)14(2)13-6)5-17-7-3-9(11(15)16)18-4-7/h3-4H,5H2,1-2H3,(H,15,16). The van der Waals surface area contributed by atoms with Gasteiger partial charge in [0.2, 0.25) is 0 Å². The first-order valence-corrected chi connectivity index (χ1v) is 7.36. The predicted octanol–water partition coefficient (Wildman–Crippen LogP) is 3.43. The van der Waals surface area contributed by atoms with Crippen molar-refractivity contribution in [1.82, 2.24) is 9.78 Å². The highest BCUT2D eigenvalue weighted by Gasteiger charge is 2.13. The number of halogens is 1. The molecule has 96 valence electrons. The quantitative estimate of drug-likeness (QED) is 0.879. The summed E-state index contributed by atoms with van der Waals surface area (Å²) in [5, 5.41) is 15.6. The molecule has 0 amide bonds. The zero-order valence-electron chi connectivity index (χ0n) is 9.81. The molecule has 18 heavy (non-hydrogen) atoms. The van der Waals surface area contributed by atoms with Gasteiger partial charge in [-0.05, 0) is 13.0 Å². The summed E-state index contributed by atoms with van der Waals surface area (Å²) in [5.41, 5.74) is 1.90. The number of carboxylic acids is 1. The fourth-order valence-corrected chi connectivity index (χ4v) is 3.78. The average molecular weight is 303 g/mol. The fraction of sp³-hybridized carbons (Fsp3) is 0.273. The van der Waals surface area contributed by atoms with Crippen molar-refractivity contribution in [1.29, 1.82) is 0 Å². The highest BCUT2D eigenvalue weighted by atomic mass is 35.5. The zero-order chi connectivity index (χ0) is 13.3. The topological polar surface area (TPSA) is 55.1 Å². The van der Waals surface area contributed by atoms with Gasteiger partial charge in [-0.2, -0.15) is 5.10 Å². The zero-order valence-corrected chi connectivity index (χ0v) is 12.2. The molecule has 2 rings (SSSR count). The first-order valence-electron chi connectivity index (χ1n) is 5.11. The molecule has 0 fully saturated rings. The van der Waals surface area contributed by atoms with E-state index in [9.17, 15) is 4.79 Å². The molecule has 1 N–H and O–H groups in total. The molecular weight excluding hydrogens is 292 g/mol. The molecule has 2 heterocycles. The van der Waals surface area contributed by atoms with E-state index >= 15 is 0 Å². The third kappa shape index (κ3) is 2.71. The van der Waals surface area contributed by atoms with Crippen molar-refractivity contribution in [2.75, 3.05) is 0 Å². The number of thioether (sulfide) groups is 1. The second kappa shape index (κ2) is 5.34. The molecule has 0 unspecified atom stereocenters. The fourth-order valence-electron chi connectivity index (χ4n) is 1.50. The van der Waals surface area contributed by atoms with E-state index in [1.807, 2.05) is 12.3 Å². The lowest BCUT2D eigenvalue weighted by Crippen LogP contribution is -1.90. The number of carbonyl (C=O) groups is 1. The van der Waals surface area contributed by atoms with E-state index in [2.05, 4.69) is 5.10 Å².